The Morgan fingerprint density at radius 1 is 1.02 bits per heavy atom. The third-order valence-corrected chi connectivity index (χ3v) is 8.15. The molecule has 1 saturated heterocycles. The number of hydrogen-bond donors (Lipinski definition) is 1. The number of morpholine rings is 1. The summed E-state index contributed by atoms with van der Waals surface area (Å²) in [6.07, 6.45) is 11.2. The van der Waals surface area contributed by atoms with Gasteiger partial charge in [-0.1, -0.05) is 6.07 Å². The Kier molecular flexibility index (Phi) is 9.46. The summed E-state index contributed by atoms with van der Waals surface area (Å²) in [5.41, 5.74) is 2.78. The second-order valence-electron chi connectivity index (χ2n) is 11.8. The molecule has 14 nitrogen and oxygen atoms in total. The average molecular weight is 614 g/mol. The van der Waals surface area contributed by atoms with Gasteiger partial charge in [-0.2, -0.15) is 5.26 Å². The van der Waals surface area contributed by atoms with Crippen molar-refractivity contribution in [2.45, 2.75) is 77.3 Å². The Hall–Kier alpha value is -4.61. The normalized spacial score (nSPS) is 19.6. The van der Waals surface area contributed by atoms with Crippen molar-refractivity contribution in [2.75, 3.05) is 31.6 Å². The van der Waals surface area contributed by atoms with E-state index in [2.05, 4.69) is 41.8 Å². The van der Waals surface area contributed by atoms with Crippen LogP contribution >= 0.6 is 0 Å². The van der Waals surface area contributed by atoms with Crippen LogP contribution in [0, 0.1) is 11.3 Å². The van der Waals surface area contributed by atoms with Gasteiger partial charge in [-0.3, -0.25) is 9.58 Å². The molecule has 0 bridgehead atoms. The van der Waals surface area contributed by atoms with Crippen LogP contribution in [-0.2, 0) is 11.3 Å². The van der Waals surface area contributed by atoms with Gasteiger partial charge in [0.2, 0.25) is 5.95 Å². The first-order valence-corrected chi connectivity index (χ1v) is 15.5. The number of benzene rings is 1. The first-order chi connectivity index (χ1) is 21.9. The Morgan fingerprint density at radius 2 is 1.78 bits per heavy atom. The van der Waals surface area contributed by atoms with Crippen LogP contribution in [0.2, 0.25) is 0 Å². The van der Waals surface area contributed by atoms with Crippen LogP contribution in [0.15, 0.2) is 43.1 Å². The van der Waals surface area contributed by atoms with Crippen molar-refractivity contribution in [1.82, 2.24) is 44.9 Å². The number of rotatable bonds is 11. The fourth-order valence-electron chi connectivity index (χ4n) is 5.92. The molecule has 3 aromatic heterocycles. The number of nitriles is 1. The maximum atomic E-state index is 9.63. The zero-order valence-electron chi connectivity index (χ0n) is 25.9. The molecule has 14 heteroatoms. The molecular formula is C31H39N11O3. The molecule has 0 spiro atoms. The van der Waals surface area contributed by atoms with Gasteiger partial charge in [-0.15, -0.1) is 10.2 Å². The lowest BCUT2D eigenvalue weighted by atomic mass is 9.90. The van der Waals surface area contributed by atoms with E-state index in [4.69, 9.17) is 19.3 Å². The summed E-state index contributed by atoms with van der Waals surface area (Å²) in [6.45, 7) is 10.0. The number of ether oxygens (including phenoxy) is 3. The van der Waals surface area contributed by atoms with Crippen LogP contribution in [-0.4, -0.2) is 89.4 Å². The minimum atomic E-state index is -0.262. The molecule has 1 N–H and O–H groups in total. The standard InChI is InChI=1S/C31H39N11O3/c1-21(2)44-30-28(19-42(37-30)27-8-6-26(7-9-27)40-10-12-43-13-11-40)36-31-33-16-25(17-34-31)23-4-5-24(15-32)29(14-23)45-22(3)18-41-20-35-38-39-41/h4-5,14,16-17,19-22,26-27H,6-13,18H2,1-3H3,(H,33,34,36)/t22-,26?,27?/m0/s1. The molecule has 1 saturated carbocycles. The van der Waals surface area contributed by atoms with Gasteiger partial charge >= 0.3 is 0 Å². The molecule has 2 aliphatic rings. The highest BCUT2D eigenvalue weighted by Gasteiger charge is 2.29. The quantitative estimate of drug-likeness (QED) is 0.260. The molecule has 0 unspecified atom stereocenters. The van der Waals surface area contributed by atoms with Crippen molar-refractivity contribution in [3.05, 3.63) is 48.7 Å². The zero-order chi connectivity index (χ0) is 31.2. The second kappa shape index (κ2) is 14.0. The second-order valence-corrected chi connectivity index (χ2v) is 11.8. The highest BCUT2D eigenvalue weighted by molar-refractivity contribution is 5.67. The van der Waals surface area contributed by atoms with Crippen molar-refractivity contribution in [3.63, 3.8) is 0 Å². The van der Waals surface area contributed by atoms with Gasteiger partial charge in [0.15, 0.2) is 0 Å². The predicted octanol–water partition coefficient (Wildman–Crippen LogP) is 4.01. The first-order valence-electron chi connectivity index (χ1n) is 15.5. The Balaban J connectivity index is 1.13. The highest BCUT2D eigenvalue weighted by Crippen LogP contribution is 2.35. The Morgan fingerprint density at radius 3 is 2.47 bits per heavy atom. The number of aromatic nitrogens is 8. The Labute approximate surface area is 262 Å². The van der Waals surface area contributed by atoms with Crippen molar-refractivity contribution in [2.24, 2.45) is 0 Å². The van der Waals surface area contributed by atoms with Crippen LogP contribution in [0.25, 0.3) is 11.1 Å². The van der Waals surface area contributed by atoms with E-state index < -0.39 is 0 Å². The van der Waals surface area contributed by atoms with E-state index in [1.165, 1.54) is 6.33 Å². The molecule has 0 amide bonds. The third kappa shape index (κ3) is 7.55. The van der Waals surface area contributed by atoms with Crippen LogP contribution < -0.4 is 14.8 Å². The van der Waals surface area contributed by atoms with E-state index in [1.54, 1.807) is 23.1 Å². The van der Waals surface area contributed by atoms with E-state index in [1.807, 2.05) is 43.8 Å². The van der Waals surface area contributed by atoms with E-state index in [-0.39, 0.29) is 12.2 Å². The van der Waals surface area contributed by atoms with E-state index >= 15 is 0 Å². The number of nitrogens with zero attached hydrogens (tertiary/aromatic N) is 10. The van der Waals surface area contributed by atoms with Gasteiger partial charge in [-0.25, -0.2) is 14.6 Å². The molecule has 1 aliphatic carbocycles. The topological polar surface area (TPSA) is 154 Å². The van der Waals surface area contributed by atoms with E-state index in [0.717, 1.165) is 68.8 Å². The summed E-state index contributed by atoms with van der Waals surface area (Å²) in [6, 6.07) is 8.55. The fraction of sp³-hybridized carbons (Fsp3) is 0.516. The monoisotopic (exact) mass is 613 g/mol. The van der Waals surface area contributed by atoms with Gasteiger partial charge in [0.05, 0.1) is 43.7 Å². The fourth-order valence-corrected chi connectivity index (χ4v) is 5.92. The van der Waals surface area contributed by atoms with Gasteiger partial charge in [-0.05, 0) is 74.6 Å². The SMILES string of the molecule is CC(C)Oc1nn(C2CCC(N3CCOCC3)CC2)cc1Nc1ncc(-c2ccc(C#N)c(O[C@@H](C)Cn3cnnn3)c2)cn1. The number of tetrazole rings is 1. The molecule has 6 rings (SSSR count). The molecule has 45 heavy (non-hydrogen) atoms. The molecule has 0 radical (unpaired) electrons. The average Bonchev–Trinajstić information content (AvgIpc) is 3.71. The number of anilines is 2. The van der Waals surface area contributed by atoms with Crippen molar-refractivity contribution >= 4 is 11.6 Å². The summed E-state index contributed by atoms with van der Waals surface area (Å²) in [7, 11) is 0. The molecule has 1 aliphatic heterocycles. The lowest BCUT2D eigenvalue weighted by molar-refractivity contribution is 0.00502. The lowest BCUT2D eigenvalue weighted by Gasteiger charge is -2.38. The van der Waals surface area contributed by atoms with Crippen molar-refractivity contribution < 1.29 is 14.2 Å². The molecule has 1 atom stereocenters. The predicted molar refractivity (Wildman–Crippen MR) is 165 cm³/mol. The van der Waals surface area contributed by atoms with Crippen molar-refractivity contribution in [3.8, 4) is 28.8 Å². The van der Waals surface area contributed by atoms with Gasteiger partial charge < -0.3 is 19.5 Å². The molecule has 1 aromatic carbocycles. The summed E-state index contributed by atoms with van der Waals surface area (Å²) in [5, 5.41) is 29.0. The lowest BCUT2D eigenvalue weighted by Crippen LogP contribution is -2.45. The molecule has 2 fully saturated rings. The molecule has 4 aromatic rings. The number of hydrogen-bond acceptors (Lipinski definition) is 12. The van der Waals surface area contributed by atoms with Crippen LogP contribution in [0.1, 0.15) is 58.1 Å². The van der Waals surface area contributed by atoms with E-state index in [9.17, 15) is 5.26 Å². The number of nitrogens with one attached hydrogen (secondary N) is 1. The van der Waals surface area contributed by atoms with Crippen LogP contribution in [0.5, 0.6) is 11.6 Å². The molecule has 236 valence electrons. The van der Waals surface area contributed by atoms with Gasteiger partial charge in [0, 0.05) is 37.1 Å². The maximum absolute atomic E-state index is 9.63. The smallest absolute Gasteiger partial charge is 0.257 e. The van der Waals surface area contributed by atoms with Gasteiger partial charge in [0.25, 0.3) is 5.88 Å². The van der Waals surface area contributed by atoms with Crippen molar-refractivity contribution in [1.29, 1.82) is 5.26 Å². The summed E-state index contributed by atoms with van der Waals surface area (Å²) >= 11 is 0. The summed E-state index contributed by atoms with van der Waals surface area (Å²) < 4.78 is 21.3. The zero-order valence-corrected chi connectivity index (χ0v) is 25.9. The van der Waals surface area contributed by atoms with E-state index in [0.29, 0.717) is 41.8 Å². The van der Waals surface area contributed by atoms with Crippen LogP contribution in [0.4, 0.5) is 11.6 Å². The third-order valence-electron chi connectivity index (χ3n) is 8.15. The first kappa shape index (κ1) is 30.4. The van der Waals surface area contributed by atoms with Gasteiger partial charge in [0.1, 0.15) is 29.9 Å². The highest BCUT2D eigenvalue weighted by atomic mass is 16.5. The van der Waals surface area contributed by atoms with Crippen LogP contribution in [0.3, 0.4) is 0 Å². The molecule has 4 heterocycles. The largest absolute Gasteiger partial charge is 0.487 e. The maximum Gasteiger partial charge on any atom is 0.257 e. The summed E-state index contributed by atoms with van der Waals surface area (Å²) in [4.78, 5) is 11.7. The molecular weight excluding hydrogens is 574 g/mol. The summed E-state index contributed by atoms with van der Waals surface area (Å²) in [5.74, 6) is 1.44. The minimum Gasteiger partial charge on any atom is -0.487 e. The minimum absolute atomic E-state index is 0.0300. The Bertz CT molecular complexity index is 1570.